The minimum Gasteiger partial charge on any atom is -0.508 e. The second kappa shape index (κ2) is 9.83. The van der Waals surface area contributed by atoms with Crippen LogP contribution in [0.4, 0.5) is 5.69 Å². The average Bonchev–Trinajstić information content (AvgIpc) is 3.35. The number of pyridine rings is 1. The van der Waals surface area contributed by atoms with Crippen LogP contribution in [0.3, 0.4) is 0 Å². The summed E-state index contributed by atoms with van der Waals surface area (Å²) in [6.07, 6.45) is 1.77. The van der Waals surface area contributed by atoms with Gasteiger partial charge in [0.2, 0.25) is 5.91 Å². The van der Waals surface area contributed by atoms with Crippen LogP contribution in [0.1, 0.15) is 34.7 Å². The first-order valence-corrected chi connectivity index (χ1v) is 12.1. The predicted molar refractivity (Wildman–Crippen MR) is 144 cm³/mol. The molecule has 8 heteroatoms. The lowest BCUT2D eigenvalue weighted by Gasteiger charge is -2.27. The topological polar surface area (TPSA) is 82.4 Å². The van der Waals surface area contributed by atoms with Crippen LogP contribution in [0.5, 0.6) is 5.75 Å². The fourth-order valence-electron chi connectivity index (χ4n) is 4.88. The van der Waals surface area contributed by atoms with Crippen LogP contribution in [-0.4, -0.2) is 37.1 Å². The number of hydrogen-bond donors (Lipinski definition) is 3. The summed E-state index contributed by atoms with van der Waals surface area (Å²) < 4.78 is 2.15. The van der Waals surface area contributed by atoms with Gasteiger partial charge in [-0.1, -0.05) is 24.3 Å². The third-order valence-corrected chi connectivity index (χ3v) is 6.82. The Kier molecular flexibility index (Phi) is 6.43. The van der Waals surface area contributed by atoms with Gasteiger partial charge in [-0.15, -0.1) is 0 Å². The predicted octanol–water partition coefficient (Wildman–Crippen LogP) is 4.81. The number of aryl methyl sites for hydroxylation is 1. The van der Waals surface area contributed by atoms with Gasteiger partial charge in [0.25, 0.3) is 0 Å². The van der Waals surface area contributed by atoms with E-state index in [1.807, 2.05) is 72.5 Å². The number of thiocarbonyl (C=S) groups is 1. The van der Waals surface area contributed by atoms with Crippen molar-refractivity contribution < 1.29 is 9.90 Å². The highest BCUT2D eigenvalue weighted by Gasteiger charge is 2.42. The van der Waals surface area contributed by atoms with Crippen LogP contribution in [0, 0.1) is 13.8 Å². The third-order valence-electron chi connectivity index (χ3n) is 6.47. The first-order valence-electron chi connectivity index (χ1n) is 11.7. The number of amides is 1. The summed E-state index contributed by atoms with van der Waals surface area (Å²) in [5.41, 5.74) is 5.67. The highest BCUT2D eigenvalue weighted by Crippen LogP contribution is 2.41. The van der Waals surface area contributed by atoms with Crippen molar-refractivity contribution in [2.45, 2.75) is 25.9 Å². The molecule has 0 radical (unpaired) electrons. The van der Waals surface area contributed by atoms with Crippen LogP contribution >= 0.6 is 12.2 Å². The number of nitrogens with one attached hydrogen (secondary N) is 2. The summed E-state index contributed by atoms with van der Waals surface area (Å²) >= 11 is 5.74. The highest BCUT2D eigenvalue weighted by atomic mass is 32.1. The van der Waals surface area contributed by atoms with Crippen molar-refractivity contribution in [2.24, 2.45) is 0 Å². The van der Waals surface area contributed by atoms with E-state index in [0.29, 0.717) is 5.11 Å². The van der Waals surface area contributed by atoms with E-state index in [9.17, 15) is 9.90 Å². The molecule has 0 unspecified atom stereocenters. The average molecular weight is 498 g/mol. The number of para-hydroxylation sites is 1. The van der Waals surface area contributed by atoms with Gasteiger partial charge in [0, 0.05) is 29.0 Å². The number of rotatable bonds is 6. The van der Waals surface area contributed by atoms with Crippen molar-refractivity contribution in [3.63, 3.8) is 0 Å². The van der Waals surface area contributed by atoms with Crippen molar-refractivity contribution in [3.8, 4) is 11.4 Å². The maximum atomic E-state index is 13.1. The molecule has 1 amide bonds. The largest absolute Gasteiger partial charge is 0.508 e. The number of carbonyl (C=O) groups is 1. The third kappa shape index (κ3) is 4.55. The minimum atomic E-state index is -0.244. The zero-order valence-electron chi connectivity index (χ0n) is 20.1. The SMILES string of the molecule is Cc1cc([C@@H]2[C@H](c3ccccn3)NC(=S)N2CC(=O)Nc2ccccc2)c(C)n1-c1ccc(O)cc1. The van der Waals surface area contributed by atoms with Crippen molar-refractivity contribution >= 4 is 28.9 Å². The molecule has 5 rings (SSSR count). The van der Waals surface area contributed by atoms with Gasteiger partial charge in [-0.3, -0.25) is 9.78 Å². The van der Waals surface area contributed by atoms with Gasteiger partial charge < -0.3 is 25.2 Å². The summed E-state index contributed by atoms with van der Waals surface area (Å²) in [6.45, 7) is 4.21. The van der Waals surface area contributed by atoms with E-state index in [4.69, 9.17) is 12.2 Å². The number of benzene rings is 2. The Balaban J connectivity index is 1.53. The van der Waals surface area contributed by atoms with Crippen molar-refractivity contribution in [1.82, 2.24) is 19.8 Å². The molecular formula is C28H27N5O2S. The first-order chi connectivity index (χ1) is 17.4. The molecule has 4 aromatic rings. The lowest BCUT2D eigenvalue weighted by Crippen LogP contribution is -2.37. The summed E-state index contributed by atoms with van der Waals surface area (Å²) in [6, 6.07) is 24.0. The molecule has 2 aromatic heterocycles. The van der Waals surface area contributed by atoms with E-state index in [-0.39, 0.29) is 30.3 Å². The van der Waals surface area contributed by atoms with E-state index in [2.05, 4.69) is 33.2 Å². The van der Waals surface area contributed by atoms with Gasteiger partial charge in [-0.25, -0.2) is 0 Å². The number of phenols is 1. The lowest BCUT2D eigenvalue weighted by molar-refractivity contribution is -0.116. The van der Waals surface area contributed by atoms with E-state index in [1.54, 1.807) is 18.3 Å². The Morgan fingerprint density at radius 1 is 1.06 bits per heavy atom. The van der Waals surface area contributed by atoms with Crippen LogP contribution in [0.15, 0.2) is 85.1 Å². The smallest absolute Gasteiger partial charge is 0.244 e. The summed E-state index contributed by atoms with van der Waals surface area (Å²) in [5.74, 6) is 0.0713. The Morgan fingerprint density at radius 3 is 2.47 bits per heavy atom. The van der Waals surface area contributed by atoms with E-state index >= 15 is 0 Å². The molecule has 3 heterocycles. The molecule has 1 aliphatic rings. The standard InChI is InChI=1S/C28H27N5O2S/c1-18-16-23(19(2)33(18)21-11-13-22(34)14-12-21)27-26(24-10-6-7-15-29-24)31-28(36)32(27)17-25(35)30-20-8-4-3-5-9-20/h3-16,26-27,34H,17H2,1-2H3,(H,30,35)(H,31,36)/t26-,27+/m0/s1. The maximum Gasteiger partial charge on any atom is 0.244 e. The Labute approximate surface area is 215 Å². The van der Waals surface area contributed by atoms with Gasteiger partial charge in [0.05, 0.1) is 17.8 Å². The molecule has 0 spiro atoms. The normalized spacial score (nSPS) is 17.2. The van der Waals surface area contributed by atoms with Gasteiger partial charge in [-0.05, 0) is 86.2 Å². The van der Waals surface area contributed by atoms with Crippen molar-refractivity contribution in [3.05, 3.63) is 108 Å². The molecule has 3 N–H and O–H groups in total. The monoisotopic (exact) mass is 497 g/mol. The van der Waals surface area contributed by atoms with Crippen LogP contribution < -0.4 is 10.6 Å². The first kappa shape index (κ1) is 23.6. The number of aromatic hydroxyl groups is 1. The number of nitrogens with zero attached hydrogens (tertiary/aromatic N) is 3. The van der Waals surface area contributed by atoms with Gasteiger partial charge in [0.1, 0.15) is 12.3 Å². The van der Waals surface area contributed by atoms with Crippen LogP contribution in [-0.2, 0) is 4.79 Å². The molecule has 1 fully saturated rings. The fraction of sp³-hybridized carbons (Fsp3) is 0.179. The molecule has 182 valence electrons. The highest BCUT2D eigenvalue weighted by molar-refractivity contribution is 7.80. The Morgan fingerprint density at radius 2 is 1.78 bits per heavy atom. The second-order valence-electron chi connectivity index (χ2n) is 8.85. The number of hydrogen-bond acceptors (Lipinski definition) is 4. The molecule has 7 nitrogen and oxygen atoms in total. The van der Waals surface area contributed by atoms with Crippen molar-refractivity contribution in [2.75, 3.05) is 11.9 Å². The van der Waals surface area contributed by atoms with E-state index < -0.39 is 0 Å². The Bertz CT molecular complexity index is 1390. The summed E-state index contributed by atoms with van der Waals surface area (Å²) in [5, 5.41) is 16.6. The number of aromatic nitrogens is 2. The van der Waals surface area contributed by atoms with Crippen LogP contribution in [0.25, 0.3) is 5.69 Å². The number of anilines is 1. The quantitative estimate of drug-likeness (QED) is 0.332. The van der Waals surface area contributed by atoms with E-state index in [1.165, 1.54) is 0 Å². The molecule has 1 aliphatic heterocycles. The molecule has 0 aliphatic carbocycles. The Hall–Kier alpha value is -4.17. The molecule has 36 heavy (non-hydrogen) atoms. The van der Waals surface area contributed by atoms with E-state index in [0.717, 1.165) is 34.0 Å². The fourth-order valence-corrected chi connectivity index (χ4v) is 5.18. The molecule has 1 saturated heterocycles. The molecular weight excluding hydrogens is 470 g/mol. The number of carbonyl (C=O) groups excluding carboxylic acids is 1. The minimum absolute atomic E-state index is 0.0948. The van der Waals surface area contributed by atoms with Gasteiger partial charge in [0.15, 0.2) is 5.11 Å². The lowest BCUT2D eigenvalue weighted by atomic mass is 9.96. The summed E-state index contributed by atoms with van der Waals surface area (Å²) in [4.78, 5) is 19.6. The summed E-state index contributed by atoms with van der Waals surface area (Å²) in [7, 11) is 0. The zero-order chi connectivity index (χ0) is 25.2. The second-order valence-corrected chi connectivity index (χ2v) is 9.23. The number of phenolic OH excluding ortho intramolecular Hbond substituents is 1. The van der Waals surface area contributed by atoms with Gasteiger partial charge in [-0.2, -0.15) is 0 Å². The molecule has 0 saturated carbocycles. The van der Waals surface area contributed by atoms with Gasteiger partial charge >= 0.3 is 0 Å². The molecule has 2 aromatic carbocycles. The molecule has 0 bridgehead atoms. The van der Waals surface area contributed by atoms with Crippen LogP contribution in [0.2, 0.25) is 0 Å². The van der Waals surface area contributed by atoms with Crippen molar-refractivity contribution in [1.29, 1.82) is 0 Å². The maximum absolute atomic E-state index is 13.1. The zero-order valence-corrected chi connectivity index (χ0v) is 20.9. The molecule has 2 atom stereocenters.